The molecule has 0 aliphatic rings. The summed E-state index contributed by atoms with van der Waals surface area (Å²) in [4.78, 5) is 16.0. The molecule has 0 aliphatic heterocycles. The van der Waals surface area contributed by atoms with Gasteiger partial charge in [-0.15, -0.1) is 0 Å². The van der Waals surface area contributed by atoms with Crippen molar-refractivity contribution in [2.45, 2.75) is 18.7 Å². The first-order chi connectivity index (χ1) is 15.9. The molecular weight excluding hydrogens is 438 g/mol. The maximum Gasteiger partial charge on any atom is 0.261 e. The number of fused-ring (bicyclic) bond motifs is 1. The molecular formula is C25H23N3O4S. The Kier molecular flexibility index (Phi) is 6.28. The van der Waals surface area contributed by atoms with Crippen LogP contribution in [-0.2, 0) is 14.8 Å². The fourth-order valence-electron chi connectivity index (χ4n) is 3.42. The van der Waals surface area contributed by atoms with E-state index in [4.69, 9.17) is 9.72 Å². The van der Waals surface area contributed by atoms with Gasteiger partial charge in [0.05, 0.1) is 22.7 Å². The SMILES string of the molecule is CCOc1cc(-c2ccccc2)nc2ccc(NS(=O)(=O)c3ccc(NC(C)=O)cc3)cc12. The van der Waals surface area contributed by atoms with Crippen LogP contribution in [0.3, 0.4) is 0 Å². The molecule has 0 unspecified atom stereocenters. The molecule has 2 N–H and O–H groups in total. The number of benzene rings is 3. The number of nitrogens with one attached hydrogen (secondary N) is 2. The van der Waals surface area contributed by atoms with Crippen LogP contribution in [0.25, 0.3) is 22.2 Å². The van der Waals surface area contributed by atoms with Gasteiger partial charge in [-0.1, -0.05) is 30.3 Å². The first-order valence-electron chi connectivity index (χ1n) is 10.4. The highest BCUT2D eigenvalue weighted by atomic mass is 32.2. The van der Waals surface area contributed by atoms with E-state index in [9.17, 15) is 13.2 Å². The van der Waals surface area contributed by atoms with Crippen molar-refractivity contribution in [1.29, 1.82) is 0 Å². The van der Waals surface area contributed by atoms with Gasteiger partial charge in [0.1, 0.15) is 5.75 Å². The third kappa shape index (κ3) is 5.12. The van der Waals surface area contributed by atoms with Crippen LogP contribution in [0.2, 0.25) is 0 Å². The van der Waals surface area contributed by atoms with Crippen molar-refractivity contribution < 1.29 is 17.9 Å². The number of pyridine rings is 1. The van der Waals surface area contributed by atoms with Crippen molar-refractivity contribution >= 4 is 38.2 Å². The van der Waals surface area contributed by atoms with Crippen LogP contribution in [0.15, 0.2) is 83.8 Å². The zero-order valence-electron chi connectivity index (χ0n) is 18.2. The lowest BCUT2D eigenvalue weighted by atomic mass is 10.1. The fraction of sp³-hybridized carbons (Fsp3) is 0.120. The van der Waals surface area contributed by atoms with Gasteiger partial charge in [0.2, 0.25) is 5.91 Å². The molecule has 0 bridgehead atoms. The van der Waals surface area contributed by atoms with Crippen molar-refractivity contribution in [3.8, 4) is 17.0 Å². The molecule has 4 aromatic rings. The lowest BCUT2D eigenvalue weighted by molar-refractivity contribution is -0.114. The third-order valence-corrected chi connectivity index (χ3v) is 6.27. The van der Waals surface area contributed by atoms with Crippen LogP contribution in [-0.4, -0.2) is 25.9 Å². The second-order valence-electron chi connectivity index (χ2n) is 7.35. The molecule has 0 radical (unpaired) electrons. The Morgan fingerprint density at radius 2 is 1.64 bits per heavy atom. The molecule has 0 aliphatic carbocycles. The molecule has 0 saturated heterocycles. The molecule has 4 rings (SSSR count). The second-order valence-corrected chi connectivity index (χ2v) is 9.03. The zero-order valence-corrected chi connectivity index (χ0v) is 19.0. The predicted octanol–water partition coefficient (Wildman–Crippen LogP) is 5.06. The minimum absolute atomic E-state index is 0.0827. The molecule has 1 aromatic heterocycles. The van der Waals surface area contributed by atoms with Crippen LogP contribution in [0.4, 0.5) is 11.4 Å². The summed E-state index contributed by atoms with van der Waals surface area (Å²) in [6, 6.07) is 22.8. The molecule has 1 amide bonds. The average molecular weight is 462 g/mol. The van der Waals surface area contributed by atoms with E-state index in [1.165, 1.54) is 19.1 Å². The van der Waals surface area contributed by atoms with E-state index < -0.39 is 10.0 Å². The third-order valence-electron chi connectivity index (χ3n) is 4.88. The Bertz CT molecular complexity index is 1400. The van der Waals surface area contributed by atoms with Crippen LogP contribution in [0.1, 0.15) is 13.8 Å². The number of rotatable bonds is 7. The monoisotopic (exact) mass is 461 g/mol. The Balaban J connectivity index is 1.67. The highest BCUT2D eigenvalue weighted by molar-refractivity contribution is 7.92. The van der Waals surface area contributed by atoms with Gasteiger partial charge >= 0.3 is 0 Å². The molecule has 33 heavy (non-hydrogen) atoms. The van der Waals surface area contributed by atoms with Crippen LogP contribution < -0.4 is 14.8 Å². The smallest absolute Gasteiger partial charge is 0.261 e. The van der Waals surface area contributed by atoms with Gasteiger partial charge in [-0.25, -0.2) is 13.4 Å². The number of nitrogens with zero attached hydrogens (tertiary/aromatic N) is 1. The molecule has 0 atom stereocenters. The minimum Gasteiger partial charge on any atom is -0.493 e. The highest BCUT2D eigenvalue weighted by Gasteiger charge is 2.16. The molecule has 0 fully saturated rings. The average Bonchev–Trinajstić information content (AvgIpc) is 2.80. The van der Waals surface area contributed by atoms with Gasteiger partial charge in [-0.3, -0.25) is 9.52 Å². The van der Waals surface area contributed by atoms with E-state index in [1.54, 1.807) is 30.3 Å². The maximum atomic E-state index is 12.9. The van der Waals surface area contributed by atoms with E-state index >= 15 is 0 Å². The number of aromatic nitrogens is 1. The summed E-state index contributed by atoms with van der Waals surface area (Å²) in [5.74, 6) is 0.399. The summed E-state index contributed by atoms with van der Waals surface area (Å²) < 4.78 is 34.2. The van der Waals surface area contributed by atoms with E-state index in [0.717, 1.165) is 11.3 Å². The standard InChI is InChI=1S/C25H23N3O4S/c1-3-32-25-16-24(18-7-5-4-6-8-18)27-23-14-11-20(15-22(23)25)28-33(30,31)21-12-9-19(10-13-21)26-17(2)29/h4-16,28H,3H2,1-2H3,(H,26,29). The molecule has 8 heteroatoms. The minimum atomic E-state index is -3.83. The quantitative estimate of drug-likeness (QED) is 0.401. The second kappa shape index (κ2) is 9.30. The van der Waals surface area contributed by atoms with Gasteiger partial charge < -0.3 is 10.1 Å². The Morgan fingerprint density at radius 3 is 2.30 bits per heavy atom. The van der Waals surface area contributed by atoms with E-state index in [0.29, 0.717) is 34.6 Å². The van der Waals surface area contributed by atoms with Crippen molar-refractivity contribution in [1.82, 2.24) is 4.98 Å². The number of anilines is 2. The largest absolute Gasteiger partial charge is 0.493 e. The molecule has 7 nitrogen and oxygen atoms in total. The Morgan fingerprint density at radius 1 is 0.939 bits per heavy atom. The summed E-state index contributed by atoms with van der Waals surface area (Å²) in [5, 5.41) is 3.32. The Labute approximate surface area is 192 Å². The first-order valence-corrected chi connectivity index (χ1v) is 11.9. The van der Waals surface area contributed by atoms with E-state index in [-0.39, 0.29) is 10.8 Å². The van der Waals surface area contributed by atoms with Crippen LogP contribution in [0, 0.1) is 0 Å². The molecule has 1 heterocycles. The summed E-state index contributed by atoms with van der Waals surface area (Å²) in [7, 11) is -3.83. The zero-order chi connectivity index (χ0) is 23.4. The molecule has 0 spiro atoms. The number of carbonyl (C=O) groups excluding carboxylic acids is 1. The normalized spacial score (nSPS) is 11.2. The number of carbonyl (C=O) groups is 1. The molecule has 3 aromatic carbocycles. The maximum absolute atomic E-state index is 12.9. The van der Waals surface area contributed by atoms with Gasteiger partial charge in [-0.05, 0) is 49.4 Å². The molecule has 0 saturated carbocycles. The predicted molar refractivity (Wildman–Crippen MR) is 130 cm³/mol. The van der Waals surface area contributed by atoms with Gasteiger partial charge in [-0.2, -0.15) is 0 Å². The van der Waals surface area contributed by atoms with E-state index in [1.807, 2.05) is 43.3 Å². The van der Waals surface area contributed by atoms with Gasteiger partial charge in [0.15, 0.2) is 0 Å². The summed E-state index contributed by atoms with van der Waals surface area (Å²) >= 11 is 0. The number of hydrogen-bond donors (Lipinski definition) is 2. The summed E-state index contributed by atoms with van der Waals surface area (Å²) in [6.07, 6.45) is 0. The highest BCUT2D eigenvalue weighted by Crippen LogP contribution is 2.32. The van der Waals surface area contributed by atoms with E-state index in [2.05, 4.69) is 10.0 Å². The topological polar surface area (TPSA) is 97.4 Å². The van der Waals surface area contributed by atoms with Crippen LogP contribution >= 0.6 is 0 Å². The number of amides is 1. The fourth-order valence-corrected chi connectivity index (χ4v) is 4.47. The Hall–Kier alpha value is -3.91. The number of ether oxygens (including phenoxy) is 1. The van der Waals surface area contributed by atoms with Crippen molar-refractivity contribution in [3.63, 3.8) is 0 Å². The lowest BCUT2D eigenvalue weighted by Gasteiger charge is -2.13. The number of sulfonamides is 1. The van der Waals surface area contributed by atoms with Gasteiger partial charge in [0, 0.05) is 35.3 Å². The number of hydrogen-bond acceptors (Lipinski definition) is 5. The van der Waals surface area contributed by atoms with Gasteiger partial charge in [0.25, 0.3) is 10.0 Å². The first kappa shape index (κ1) is 22.3. The van der Waals surface area contributed by atoms with Crippen molar-refractivity contribution in [2.75, 3.05) is 16.6 Å². The summed E-state index contributed by atoms with van der Waals surface area (Å²) in [6.45, 7) is 3.75. The van der Waals surface area contributed by atoms with Crippen molar-refractivity contribution in [2.24, 2.45) is 0 Å². The lowest BCUT2D eigenvalue weighted by Crippen LogP contribution is -2.13. The van der Waals surface area contributed by atoms with Crippen molar-refractivity contribution in [3.05, 3.63) is 78.9 Å². The summed E-state index contributed by atoms with van der Waals surface area (Å²) in [5.41, 5.74) is 3.35. The van der Waals surface area contributed by atoms with Crippen LogP contribution in [0.5, 0.6) is 5.75 Å². The molecule has 168 valence electrons.